The first-order valence-corrected chi connectivity index (χ1v) is 11.6. The number of hydrogen-bond donors (Lipinski definition) is 2. The minimum atomic E-state index is -0.101. The van der Waals surface area contributed by atoms with Gasteiger partial charge in [-0.3, -0.25) is 9.78 Å². The number of anilines is 2. The van der Waals surface area contributed by atoms with E-state index >= 15 is 0 Å². The molecule has 34 heavy (non-hydrogen) atoms. The first-order valence-electron chi connectivity index (χ1n) is 11.6. The van der Waals surface area contributed by atoms with Gasteiger partial charge in [0.05, 0.1) is 6.10 Å². The van der Waals surface area contributed by atoms with Gasteiger partial charge in [0.2, 0.25) is 0 Å². The summed E-state index contributed by atoms with van der Waals surface area (Å²) in [6, 6.07) is 13.1. The second-order valence-corrected chi connectivity index (χ2v) is 8.32. The number of hydrogen-bond acceptors (Lipinski definition) is 7. The standard InChI is InChI=1S/C25H27N7O2/c1-2-5-20-14-22(32-25(29-20)30-23(31-32)18-6-3-12-26-15-18)28-19-10-8-17(9-11-19)24(33)27-16-21-7-4-13-34-21/h3,6,8-12,14-15,21,28H,2,4-5,7,13,16H2,1H3,(H,27,33). The van der Waals surface area contributed by atoms with Gasteiger partial charge in [-0.15, -0.1) is 5.10 Å². The number of ether oxygens (including phenoxy) is 1. The van der Waals surface area contributed by atoms with Gasteiger partial charge in [0.25, 0.3) is 11.7 Å². The number of carbonyl (C=O) groups is 1. The Morgan fingerprint density at radius 2 is 2.09 bits per heavy atom. The molecule has 0 bridgehead atoms. The van der Waals surface area contributed by atoms with E-state index in [1.54, 1.807) is 29.0 Å². The Balaban J connectivity index is 1.36. The average Bonchev–Trinajstić information content (AvgIpc) is 3.54. The number of aryl methyl sites for hydroxylation is 1. The molecule has 1 aromatic carbocycles. The monoisotopic (exact) mass is 457 g/mol. The molecule has 1 amide bonds. The van der Waals surface area contributed by atoms with Crippen molar-refractivity contribution in [1.29, 1.82) is 0 Å². The van der Waals surface area contributed by atoms with E-state index in [4.69, 9.17) is 4.74 Å². The number of nitrogens with one attached hydrogen (secondary N) is 2. The Kier molecular flexibility index (Phi) is 6.44. The molecule has 1 aliphatic rings. The zero-order chi connectivity index (χ0) is 23.3. The van der Waals surface area contributed by atoms with E-state index in [1.165, 1.54) is 0 Å². The Morgan fingerprint density at radius 1 is 1.21 bits per heavy atom. The SMILES string of the molecule is CCCc1cc(Nc2ccc(C(=O)NCC3CCCO3)cc2)n2nc(-c3cccnc3)nc2n1. The van der Waals surface area contributed by atoms with E-state index in [2.05, 4.69) is 37.6 Å². The molecule has 1 aliphatic heterocycles. The average molecular weight is 458 g/mol. The highest BCUT2D eigenvalue weighted by Gasteiger charge is 2.17. The summed E-state index contributed by atoms with van der Waals surface area (Å²) in [5.74, 6) is 1.75. The summed E-state index contributed by atoms with van der Waals surface area (Å²) in [6.07, 6.45) is 7.43. The Labute approximate surface area is 197 Å². The van der Waals surface area contributed by atoms with Gasteiger partial charge in [-0.05, 0) is 55.7 Å². The summed E-state index contributed by atoms with van der Waals surface area (Å²) in [5, 5.41) is 11.0. The summed E-state index contributed by atoms with van der Waals surface area (Å²) in [5.41, 5.74) is 3.21. The Morgan fingerprint density at radius 3 is 2.82 bits per heavy atom. The van der Waals surface area contributed by atoms with Gasteiger partial charge in [-0.2, -0.15) is 9.50 Å². The fourth-order valence-corrected chi connectivity index (χ4v) is 3.97. The number of aromatic nitrogens is 5. The quantitative estimate of drug-likeness (QED) is 0.415. The summed E-state index contributed by atoms with van der Waals surface area (Å²) in [4.78, 5) is 25.9. The van der Waals surface area contributed by atoms with Crippen LogP contribution in [0.1, 0.15) is 42.2 Å². The van der Waals surface area contributed by atoms with Crippen LogP contribution in [-0.2, 0) is 11.2 Å². The third-order valence-corrected chi connectivity index (χ3v) is 5.72. The molecule has 4 heterocycles. The fraction of sp³-hybridized carbons (Fsp3) is 0.320. The molecule has 0 radical (unpaired) electrons. The number of nitrogens with zero attached hydrogens (tertiary/aromatic N) is 5. The first kappa shape index (κ1) is 22.0. The Bertz CT molecular complexity index is 1270. The highest BCUT2D eigenvalue weighted by atomic mass is 16.5. The van der Waals surface area contributed by atoms with Crippen molar-refractivity contribution >= 4 is 23.2 Å². The molecule has 2 N–H and O–H groups in total. The summed E-state index contributed by atoms with van der Waals surface area (Å²) in [6.45, 7) is 3.44. The number of fused-ring (bicyclic) bond motifs is 1. The van der Waals surface area contributed by atoms with E-state index in [1.807, 2.05) is 30.3 Å². The summed E-state index contributed by atoms with van der Waals surface area (Å²) < 4.78 is 7.27. The van der Waals surface area contributed by atoms with Crippen molar-refractivity contribution in [2.24, 2.45) is 0 Å². The van der Waals surface area contributed by atoms with Crippen LogP contribution in [0.4, 0.5) is 11.5 Å². The number of rotatable bonds is 8. The maximum absolute atomic E-state index is 12.5. The van der Waals surface area contributed by atoms with E-state index in [0.717, 1.165) is 55.1 Å². The molecular formula is C25H27N7O2. The molecule has 1 fully saturated rings. The highest BCUT2D eigenvalue weighted by molar-refractivity contribution is 5.94. The maximum atomic E-state index is 12.5. The third-order valence-electron chi connectivity index (χ3n) is 5.72. The van der Waals surface area contributed by atoms with Crippen LogP contribution in [0.5, 0.6) is 0 Å². The van der Waals surface area contributed by atoms with Gasteiger partial charge < -0.3 is 15.4 Å². The van der Waals surface area contributed by atoms with Gasteiger partial charge in [-0.25, -0.2) is 4.98 Å². The van der Waals surface area contributed by atoms with E-state index < -0.39 is 0 Å². The predicted molar refractivity (Wildman–Crippen MR) is 129 cm³/mol. The molecule has 174 valence electrons. The summed E-state index contributed by atoms with van der Waals surface area (Å²) >= 11 is 0. The molecule has 1 saturated heterocycles. The van der Waals surface area contributed by atoms with Gasteiger partial charge in [0.1, 0.15) is 5.82 Å². The van der Waals surface area contributed by atoms with Gasteiger partial charge in [-0.1, -0.05) is 13.3 Å². The predicted octanol–water partition coefficient (Wildman–Crippen LogP) is 3.79. The van der Waals surface area contributed by atoms with Gasteiger partial charge >= 0.3 is 0 Å². The number of carbonyl (C=O) groups excluding carboxylic acids is 1. The van der Waals surface area contributed by atoms with E-state index in [9.17, 15) is 4.79 Å². The highest BCUT2D eigenvalue weighted by Crippen LogP contribution is 2.22. The second kappa shape index (κ2) is 9.96. The fourth-order valence-electron chi connectivity index (χ4n) is 3.97. The van der Waals surface area contributed by atoms with Crippen molar-refractivity contribution in [3.8, 4) is 11.4 Å². The van der Waals surface area contributed by atoms with Crippen molar-refractivity contribution < 1.29 is 9.53 Å². The number of pyridine rings is 1. The minimum absolute atomic E-state index is 0.101. The van der Waals surface area contributed by atoms with Crippen LogP contribution in [0, 0.1) is 0 Å². The lowest BCUT2D eigenvalue weighted by molar-refractivity contribution is 0.0858. The third kappa shape index (κ3) is 4.89. The second-order valence-electron chi connectivity index (χ2n) is 8.32. The maximum Gasteiger partial charge on any atom is 0.254 e. The normalized spacial score (nSPS) is 15.5. The lowest BCUT2D eigenvalue weighted by Crippen LogP contribution is -2.31. The van der Waals surface area contributed by atoms with Crippen LogP contribution in [0.15, 0.2) is 54.9 Å². The largest absolute Gasteiger partial charge is 0.376 e. The first-order chi connectivity index (χ1) is 16.7. The van der Waals surface area contributed by atoms with Crippen LogP contribution in [0.25, 0.3) is 17.2 Å². The Hall–Kier alpha value is -3.85. The molecule has 9 nitrogen and oxygen atoms in total. The molecule has 3 aromatic heterocycles. The summed E-state index contributed by atoms with van der Waals surface area (Å²) in [7, 11) is 0. The molecule has 4 aromatic rings. The van der Waals surface area contributed by atoms with E-state index in [0.29, 0.717) is 23.7 Å². The number of benzene rings is 1. The van der Waals surface area contributed by atoms with Crippen LogP contribution >= 0.6 is 0 Å². The molecule has 1 atom stereocenters. The van der Waals surface area contributed by atoms with Crippen molar-refractivity contribution in [3.63, 3.8) is 0 Å². The van der Waals surface area contributed by atoms with Crippen LogP contribution in [-0.4, -0.2) is 49.7 Å². The molecular weight excluding hydrogens is 430 g/mol. The van der Waals surface area contributed by atoms with Crippen LogP contribution < -0.4 is 10.6 Å². The molecule has 0 spiro atoms. The van der Waals surface area contributed by atoms with Crippen molar-refractivity contribution in [2.45, 2.75) is 38.7 Å². The zero-order valence-electron chi connectivity index (χ0n) is 19.1. The van der Waals surface area contributed by atoms with Crippen LogP contribution in [0.3, 0.4) is 0 Å². The van der Waals surface area contributed by atoms with Gasteiger partial charge in [0, 0.05) is 54.1 Å². The topological polar surface area (TPSA) is 106 Å². The van der Waals surface area contributed by atoms with Crippen molar-refractivity contribution in [1.82, 2.24) is 29.9 Å². The van der Waals surface area contributed by atoms with Gasteiger partial charge in [0.15, 0.2) is 5.82 Å². The van der Waals surface area contributed by atoms with Crippen molar-refractivity contribution in [2.75, 3.05) is 18.5 Å². The molecule has 1 unspecified atom stereocenters. The zero-order valence-corrected chi connectivity index (χ0v) is 19.1. The molecule has 9 heteroatoms. The number of amides is 1. The van der Waals surface area contributed by atoms with Crippen molar-refractivity contribution in [3.05, 3.63) is 66.1 Å². The molecule has 0 aliphatic carbocycles. The minimum Gasteiger partial charge on any atom is -0.376 e. The molecule has 0 saturated carbocycles. The van der Waals surface area contributed by atoms with Crippen LogP contribution in [0.2, 0.25) is 0 Å². The van der Waals surface area contributed by atoms with E-state index in [-0.39, 0.29) is 12.0 Å². The molecule has 5 rings (SSSR count). The smallest absolute Gasteiger partial charge is 0.254 e. The lowest BCUT2D eigenvalue weighted by Gasteiger charge is -2.12. The lowest BCUT2D eigenvalue weighted by atomic mass is 10.2.